The molecule has 1 aromatic rings. The van der Waals surface area contributed by atoms with Crippen LogP contribution in [0, 0.1) is 11.8 Å². The Bertz CT molecular complexity index is 512. The van der Waals surface area contributed by atoms with Gasteiger partial charge in [-0.15, -0.1) is 0 Å². The first-order valence-corrected chi connectivity index (χ1v) is 7.19. The highest BCUT2D eigenvalue weighted by Crippen LogP contribution is 2.32. The number of carbonyl (C=O) groups is 2. The Labute approximate surface area is 124 Å². The van der Waals surface area contributed by atoms with Crippen LogP contribution >= 0.6 is 0 Å². The molecule has 0 bridgehead atoms. The largest absolute Gasteiger partial charge is 0.497 e. The molecule has 1 saturated carbocycles. The molecule has 2 atom stereocenters. The first-order chi connectivity index (χ1) is 10.0. The standard InChI is InChI=1S/C16H21NO4/c1-17(11-7-9-12(21-2)10-8-11)15(18)13-5-3-4-6-14(13)16(19)20/h7-10,13-14H,3-6H2,1-2H3,(H,19,20). The van der Waals surface area contributed by atoms with Crippen molar-refractivity contribution >= 4 is 17.6 Å². The van der Waals surface area contributed by atoms with E-state index in [1.54, 1.807) is 43.3 Å². The van der Waals surface area contributed by atoms with Crippen molar-refractivity contribution in [3.05, 3.63) is 24.3 Å². The molecule has 2 unspecified atom stereocenters. The molecule has 1 aromatic carbocycles. The molecule has 0 aliphatic heterocycles. The van der Waals surface area contributed by atoms with E-state index in [-0.39, 0.29) is 5.91 Å². The lowest BCUT2D eigenvalue weighted by atomic mass is 9.78. The number of hydrogen-bond acceptors (Lipinski definition) is 3. The van der Waals surface area contributed by atoms with Gasteiger partial charge in [0.1, 0.15) is 5.75 Å². The molecular formula is C16H21NO4. The summed E-state index contributed by atoms with van der Waals surface area (Å²) in [4.78, 5) is 25.5. The summed E-state index contributed by atoms with van der Waals surface area (Å²) < 4.78 is 5.09. The molecule has 1 N–H and O–H groups in total. The zero-order chi connectivity index (χ0) is 15.4. The lowest BCUT2D eigenvalue weighted by Gasteiger charge is -2.31. The summed E-state index contributed by atoms with van der Waals surface area (Å²) in [5.41, 5.74) is 0.746. The van der Waals surface area contributed by atoms with Crippen molar-refractivity contribution in [1.29, 1.82) is 0 Å². The summed E-state index contributed by atoms with van der Waals surface area (Å²) in [6.07, 6.45) is 3.03. The van der Waals surface area contributed by atoms with E-state index < -0.39 is 17.8 Å². The van der Waals surface area contributed by atoms with Gasteiger partial charge in [-0.25, -0.2) is 0 Å². The van der Waals surface area contributed by atoms with E-state index in [2.05, 4.69) is 0 Å². The van der Waals surface area contributed by atoms with Crippen LogP contribution in [0.25, 0.3) is 0 Å². The predicted octanol–water partition coefficient (Wildman–Crippen LogP) is 2.55. The molecule has 0 heterocycles. The summed E-state index contributed by atoms with van der Waals surface area (Å²) in [5.74, 6) is -1.25. The average Bonchev–Trinajstić information content (AvgIpc) is 2.53. The summed E-state index contributed by atoms with van der Waals surface area (Å²) in [5, 5.41) is 9.29. The van der Waals surface area contributed by atoms with Gasteiger partial charge in [-0.2, -0.15) is 0 Å². The Hall–Kier alpha value is -2.04. The number of rotatable bonds is 4. The third kappa shape index (κ3) is 3.35. The quantitative estimate of drug-likeness (QED) is 0.925. The fourth-order valence-electron chi connectivity index (χ4n) is 2.90. The first-order valence-electron chi connectivity index (χ1n) is 7.19. The Kier molecular flexibility index (Phi) is 4.83. The zero-order valence-electron chi connectivity index (χ0n) is 12.4. The fraction of sp³-hybridized carbons (Fsp3) is 0.500. The van der Waals surface area contributed by atoms with Gasteiger partial charge in [0.15, 0.2) is 0 Å². The molecule has 0 aromatic heterocycles. The van der Waals surface area contributed by atoms with Crippen LogP contribution in [-0.2, 0) is 9.59 Å². The molecule has 1 aliphatic rings. The summed E-state index contributed by atoms with van der Waals surface area (Å²) >= 11 is 0. The number of benzene rings is 1. The maximum atomic E-state index is 12.6. The second kappa shape index (κ2) is 6.61. The van der Waals surface area contributed by atoms with Crippen molar-refractivity contribution < 1.29 is 19.4 Å². The van der Waals surface area contributed by atoms with E-state index in [4.69, 9.17) is 4.74 Å². The van der Waals surface area contributed by atoms with Crippen LogP contribution in [0.4, 0.5) is 5.69 Å². The molecule has 21 heavy (non-hydrogen) atoms. The number of ether oxygens (including phenoxy) is 1. The van der Waals surface area contributed by atoms with Crippen LogP contribution in [0.15, 0.2) is 24.3 Å². The summed E-state index contributed by atoms with van der Waals surface area (Å²) in [6.45, 7) is 0. The number of nitrogens with zero attached hydrogens (tertiary/aromatic N) is 1. The van der Waals surface area contributed by atoms with Gasteiger partial charge in [0, 0.05) is 12.7 Å². The molecule has 1 aliphatic carbocycles. The van der Waals surface area contributed by atoms with Gasteiger partial charge in [0.05, 0.1) is 18.9 Å². The highest BCUT2D eigenvalue weighted by atomic mass is 16.5. The number of aliphatic carboxylic acids is 1. The number of methoxy groups -OCH3 is 1. The summed E-state index contributed by atoms with van der Waals surface area (Å²) in [6, 6.07) is 7.17. The molecular weight excluding hydrogens is 270 g/mol. The Morgan fingerprint density at radius 3 is 2.24 bits per heavy atom. The number of carboxylic acids is 1. The van der Waals surface area contributed by atoms with E-state index in [1.165, 1.54) is 0 Å². The molecule has 5 heteroatoms. The molecule has 0 radical (unpaired) electrons. The van der Waals surface area contributed by atoms with Crippen LogP contribution in [0.3, 0.4) is 0 Å². The van der Waals surface area contributed by atoms with E-state index in [1.807, 2.05) is 0 Å². The van der Waals surface area contributed by atoms with Gasteiger partial charge < -0.3 is 14.7 Å². The third-order valence-corrected chi connectivity index (χ3v) is 4.19. The van der Waals surface area contributed by atoms with Crippen LogP contribution in [-0.4, -0.2) is 31.1 Å². The second-order valence-electron chi connectivity index (χ2n) is 5.43. The molecule has 0 spiro atoms. The van der Waals surface area contributed by atoms with Gasteiger partial charge >= 0.3 is 5.97 Å². The van der Waals surface area contributed by atoms with Crippen molar-refractivity contribution in [3.8, 4) is 5.75 Å². The SMILES string of the molecule is COc1ccc(N(C)C(=O)C2CCCCC2C(=O)O)cc1. The number of amides is 1. The number of anilines is 1. The van der Waals surface area contributed by atoms with E-state index in [0.717, 1.165) is 24.3 Å². The number of carbonyl (C=O) groups excluding carboxylic acids is 1. The molecule has 1 amide bonds. The lowest BCUT2D eigenvalue weighted by molar-refractivity contribution is -0.148. The minimum atomic E-state index is -0.865. The number of carboxylic acid groups (broad SMARTS) is 1. The van der Waals surface area contributed by atoms with Crippen molar-refractivity contribution in [2.24, 2.45) is 11.8 Å². The second-order valence-corrected chi connectivity index (χ2v) is 5.43. The Balaban J connectivity index is 2.14. The first kappa shape index (κ1) is 15.4. The van der Waals surface area contributed by atoms with E-state index in [9.17, 15) is 14.7 Å². The Morgan fingerprint density at radius 1 is 1.14 bits per heavy atom. The van der Waals surface area contributed by atoms with Gasteiger partial charge in [-0.3, -0.25) is 9.59 Å². The molecule has 114 valence electrons. The van der Waals surface area contributed by atoms with Crippen LogP contribution < -0.4 is 9.64 Å². The maximum Gasteiger partial charge on any atom is 0.307 e. The molecule has 0 saturated heterocycles. The molecule has 5 nitrogen and oxygen atoms in total. The van der Waals surface area contributed by atoms with E-state index in [0.29, 0.717) is 12.8 Å². The third-order valence-electron chi connectivity index (χ3n) is 4.19. The van der Waals surface area contributed by atoms with Crippen molar-refractivity contribution in [1.82, 2.24) is 0 Å². The molecule has 1 fully saturated rings. The maximum absolute atomic E-state index is 12.6. The predicted molar refractivity (Wildman–Crippen MR) is 79.5 cm³/mol. The highest BCUT2D eigenvalue weighted by molar-refractivity contribution is 5.96. The topological polar surface area (TPSA) is 66.8 Å². The Morgan fingerprint density at radius 2 is 1.71 bits per heavy atom. The number of hydrogen-bond donors (Lipinski definition) is 1. The van der Waals surface area contributed by atoms with E-state index >= 15 is 0 Å². The van der Waals surface area contributed by atoms with Crippen molar-refractivity contribution in [2.75, 3.05) is 19.1 Å². The average molecular weight is 291 g/mol. The van der Waals surface area contributed by atoms with Crippen molar-refractivity contribution in [3.63, 3.8) is 0 Å². The highest BCUT2D eigenvalue weighted by Gasteiger charge is 2.37. The summed E-state index contributed by atoms with van der Waals surface area (Å²) in [7, 11) is 3.28. The normalized spacial score (nSPS) is 21.6. The smallest absolute Gasteiger partial charge is 0.307 e. The van der Waals surface area contributed by atoms with Gasteiger partial charge in [0.25, 0.3) is 0 Å². The minimum Gasteiger partial charge on any atom is -0.497 e. The zero-order valence-corrected chi connectivity index (χ0v) is 12.4. The minimum absolute atomic E-state index is 0.118. The van der Waals surface area contributed by atoms with Gasteiger partial charge in [-0.05, 0) is 37.1 Å². The van der Waals surface area contributed by atoms with Crippen molar-refractivity contribution in [2.45, 2.75) is 25.7 Å². The van der Waals surface area contributed by atoms with Crippen LogP contribution in [0.2, 0.25) is 0 Å². The van der Waals surface area contributed by atoms with Crippen LogP contribution in [0.5, 0.6) is 5.75 Å². The van der Waals surface area contributed by atoms with Gasteiger partial charge in [0.2, 0.25) is 5.91 Å². The monoisotopic (exact) mass is 291 g/mol. The molecule has 2 rings (SSSR count). The lowest BCUT2D eigenvalue weighted by Crippen LogP contribution is -2.40. The fourth-order valence-corrected chi connectivity index (χ4v) is 2.90. The van der Waals surface area contributed by atoms with Crippen LogP contribution in [0.1, 0.15) is 25.7 Å². The van der Waals surface area contributed by atoms with Gasteiger partial charge in [-0.1, -0.05) is 12.8 Å².